The zero-order chi connectivity index (χ0) is 11.9. The fraction of sp³-hybridized carbons (Fsp3) is 0.571. The molecule has 1 fully saturated rings. The van der Waals surface area contributed by atoms with Gasteiger partial charge in [0.15, 0.2) is 0 Å². The molecule has 0 atom stereocenters. The standard InChI is InChI=1S/C14H21NO2/c1-2-6-15-8-12-4-3-5-13(7-12)9-17-14-10-16-11-14/h3-5,7,14-15H,2,6,8-11H2,1H3. The quantitative estimate of drug-likeness (QED) is 0.734. The van der Waals surface area contributed by atoms with Crippen LogP contribution in [0, 0.1) is 0 Å². The minimum atomic E-state index is 0.303. The average molecular weight is 235 g/mol. The molecule has 0 radical (unpaired) electrons. The molecule has 0 unspecified atom stereocenters. The van der Waals surface area contributed by atoms with E-state index in [1.165, 1.54) is 17.5 Å². The van der Waals surface area contributed by atoms with Crippen molar-refractivity contribution in [1.82, 2.24) is 5.32 Å². The Hall–Kier alpha value is -0.900. The average Bonchev–Trinajstić information content (AvgIpc) is 2.28. The molecule has 3 heteroatoms. The molecule has 0 saturated carbocycles. The van der Waals surface area contributed by atoms with Crippen LogP contribution in [-0.4, -0.2) is 25.9 Å². The summed E-state index contributed by atoms with van der Waals surface area (Å²) in [4.78, 5) is 0. The van der Waals surface area contributed by atoms with E-state index in [1.807, 2.05) is 0 Å². The first-order valence-electron chi connectivity index (χ1n) is 6.36. The molecule has 1 aromatic rings. The highest BCUT2D eigenvalue weighted by Gasteiger charge is 2.18. The Morgan fingerprint density at radius 2 is 2.18 bits per heavy atom. The number of rotatable bonds is 7. The molecule has 1 heterocycles. The van der Waals surface area contributed by atoms with Gasteiger partial charge in [-0.2, -0.15) is 0 Å². The molecule has 0 spiro atoms. The van der Waals surface area contributed by atoms with Gasteiger partial charge in [-0.3, -0.25) is 0 Å². The van der Waals surface area contributed by atoms with E-state index < -0.39 is 0 Å². The summed E-state index contributed by atoms with van der Waals surface area (Å²) in [6.07, 6.45) is 1.47. The van der Waals surface area contributed by atoms with Gasteiger partial charge in [-0.05, 0) is 24.1 Å². The maximum atomic E-state index is 5.70. The molecule has 1 saturated heterocycles. The lowest BCUT2D eigenvalue weighted by Crippen LogP contribution is -2.35. The Morgan fingerprint density at radius 3 is 2.88 bits per heavy atom. The zero-order valence-electron chi connectivity index (χ0n) is 10.4. The molecular formula is C14H21NO2. The van der Waals surface area contributed by atoms with Crippen molar-refractivity contribution in [2.45, 2.75) is 32.6 Å². The molecule has 2 rings (SSSR count). The first-order chi connectivity index (χ1) is 8.38. The second-order valence-electron chi connectivity index (χ2n) is 4.47. The maximum Gasteiger partial charge on any atom is 0.105 e. The second-order valence-corrected chi connectivity index (χ2v) is 4.47. The van der Waals surface area contributed by atoms with Crippen molar-refractivity contribution >= 4 is 0 Å². The normalized spacial score (nSPS) is 15.8. The summed E-state index contributed by atoms with van der Waals surface area (Å²) in [6, 6.07) is 8.57. The van der Waals surface area contributed by atoms with Gasteiger partial charge in [-0.25, -0.2) is 0 Å². The summed E-state index contributed by atoms with van der Waals surface area (Å²) in [5.74, 6) is 0. The predicted molar refractivity (Wildman–Crippen MR) is 67.8 cm³/mol. The summed E-state index contributed by atoms with van der Waals surface area (Å²) in [7, 11) is 0. The first-order valence-corrected chi connectivity index (χ1v) is 6.36. The molecule has 3 nitrogen and oxygen atoms in total. The Balaban J connectivity index is 1.78. The molecule has 1 aliphatic heterocycles. The van der Waals surface area contributed by atoms with E-state index >= 15 is 0 Å². The Bertz CT molecular complexity index is 337. The Morgan fingerprint density at radius 1 is 1.35 bits per heavy atom. The third kappa shape index (κ3) is 4.11. The zero-order valence-corrected chi connectivity index (χ0v) is 10.4. The fourth-order valence-corrected chi connectivity index (χ4v) is 1.76. The lowest BCUT2D eigenvalue weighted by Gasteiger charge is -2.26. The van der Waals surface area contributed by atoms with Gasteiger partial charge < -0.3 is 14.8 Å². The van der Waals surface area contributed by atoms with Gasteiger partial charge in [0.2, 0.25) is 0 Å². The van der Waals surface area contributed by atoms with E-state index in [-0.39, 0.29) is 0 Å². The van der Waals surface area contributed by atoms with E-state index in [0.29, 0.717) is 12.7 Å². The van der Waals surface area contributed by atoms with Gasteiger partial charge in [0.1, 0.15) is 6.10 Å². The highest BCUT2D eigenvalue weighted by atomic mass is 16.6. The topological polar surface area (TPSA) is 30.5 Å². The summed E-state index contributed by atoms with van der Waals surface area (Å²) in [5, 5.41) is 3.40. The highest BCUT2D eigenvalue weighted by Crippen LogP contribution is 2.11. The highest BCUT2D eigenvalue weighted by molar-refractivity contribution is 5.22. The summed E-state index contributed by atoms with van der Waals surface area (Å²) < 4.78 is 10.8. The summed E-state index contributed by atoms with van der Waals surface area (Å²) in [5.41, 5.74) is 2.57. The van der Waals surface area contributed by atoms with Gasteiger partial charge in [0, 0.05) is 6.54 Å². The van der Waals surface area contributed by atoms with Crippen LogP contribution in [0.2, 0.25) is 0 Å². The first kappa shape index (κ1) is 12.6. The van der Waals surface area contributed by atoms with Crippen molar-refractivity contribution < 1.29 is 9.47 Å². The van der Waals surface area contributed by atoms with Gasteiger partial charge in [0.25, 0.3) is 0 Å². The van der Waals surface area contributed by atoms with E-state index in [0.717, 1.165) is 26.3 Å². The molecular weight excluding hydrogens is 214 g/mol. The van der Waals surface area contributed by atoms with Gasteiger partial charge in [-0.1, -0.05) is 31.2 Å². The van der Waals surface area contributed by atoms with Crippen LogP contribution in [0.5, 0.6) is 0 Å². The van der Waals surface area contributed by atoms with Gasteiger partial charge in [0.05, 0.1) is 19.8 Å². The summed E-state index contributed by atoms with van der Waals surface area (Å²) in [6.45, 7) is 6.37. The smallest absolute Gasteiger partial charge is 0.105 e. The number of hydrogen-bond donors (Lipinski definition) is 1. The van der Waals surface area contributed by atoms with E-state index in [9.17, 15) is 0 Å². The van der Waals surface area contributed by atoms with Crippen LogP contribution >= 0.6 is 0 Å². The molecule has 1 N–H and O–H groups in total. The monoisotopic (exact) mass is 235 g/mol. The van der Waals surface area contributed by atoms with Crippen LogP contribution in [0.3, 0.4) is 0 Å². The SMILES string of the molecule is CCCNCc1cccc(COC2COC2)c1. The van der Waals surface area contributed by atoms with Crippen LogP contribution in [0.4, 0.5) is 0 Å². The van der Waals surface area contributed by atoms with Gasteiger partial charge in [-0.15, -0.1) is 0 Å². The van der Waals surface area contributed by atoms with Gasteiger partial charge >= 0.3 is 0 Å². The molecule has 1 aromatic carbocycles. The van der Waals surface area contributed by atoms with Crippen molar-refractivity contribution in [2.24, 2.45) is 0 Å². The molecule has 0 bridgehead atoms. The maximum absolute atomic E-state index is 5.70. The van der Waals surface area contributed by atoms with Crippen molar-refractivity contribution in [3.8, 4) is 0 Å². The number of ether oxygens (including phenoxy) is 2. The molecule has 94 valence electrons. The summed E-state index contributed by atoms with van der Waals surface area (Å²) >= 11 is 0. The van der Waals surface area contributed by atoms with Crippen LogP contribution in [0.25, 0.3) is 0 Å². The van der Waals surface area contributed by atoms with E-state index in [1.54, 1.807) is 0 Å². The molecule has 0 amide bonds. The molecule has 17 heavy (non-hydrogen) atoms. The van der Waals surface area contributed by atoms with Crippen molar-refractivity contribution in [3.05, 3.63) is 35.4 Å². The lowest BCUT2D eigenvalue weighted by atomic mass is 10.1. The van der Waals surface area contributed by atoms with E-state index in [4.69, 9.17) is 9.47 Å². The molecule has 0 aliphatic carbocycles. The van der Waals surface area contributed by atoms with Crippen LogP contribution in [0.1, 0.15) is 24.5 Å². The van der Waals surface area contributed by atoms with Crippen LogP contribution in [-0.2, 0) is 22.6 Å². The fourth-order valence-electron chi connectivity index (χ4n) is 1.76. The lowest BCUT2D eigenvalue weighted by molar-refractivity contribution is -0.135. The number of nitrogens with one attached hydrogen (secondary N) is 1. The van der Waals surface area contributed by atoms with Crippen LogP contribution in [0.15, 0.2) is 24.3 Å². The Labute approximate surface area is 103 Å². The van der Waals surface area contributed by atoms with Crippen molar-refractivity contribution in [3.63, 3.8) is 0 Å². The minimum Gasteiger partial charge on any atom is -0.376 e. The molecule has 1 aliphatic rings. The second kappa shape index (κ2) is 6.74. The number of benzene rings is 1. The van der Waals surface area contributed by atoms with Crippen molar-refractivity contribution in [1.29, 1.82) is 0 Å². The predicted octanol–water partition coefficient (Wildman–Crippen LogP) is 2.10. The largest absolute Gasteiger partial charge is 0.376 e. The van der Waals surface area contributed by atoms with Crippen molar-refractivity contribution in [2.75, 3.05) is 19.8 Å². The number of hydrogen-bond acceptors (Lipinski definition) is 3. The third-order valence-corrected chi connectivity index (χ3v) is 2.84. The Kier molecular flexibility index (Phi) is 4.98. The minimum absolute atomic E-state index is 0.303. The van der Waals surface area contributed by atoms with Crippen LogP contribution < -0.4 is 5.32 Å². The third-order valence-electron chi connectivity index (χ3n) is 2.84. The van der Waals surface area contributed by atoms with E-state index in [2.05, 4.69) is 36.5 Å². The molecule has 0 aromatic heterocycles.